The van der Waals surface area contributed by atoms with Gasteiger partial charge in [-0.1, -0.05) is 0 Å². The molecule has 0 aliphatic rings. The Balaban J connectivity index is 2.26. The zero-order valence-corrected chi connectivity index (χ0v) is 13.0. The molecule has 1 N–H and O–H groups in total. The van der Waals surface area contributed by atoms with Crippen molar-refractivity contribution in [2.24, 2.45) is 0 Å². The quantitative estimate of drug-likeness (QED) is 0.921. The van der Waals surface area contributed by atoms with Gasteiger partial charge in [-0.15, -0.1) is 0 Å². The molecule has 6 nitrogen and oxygen atoms in total. The van der Waals surface area contributed by atoms with Crippen LogP contribution in [0.25, 0.3) is 11.3 Å². The van der Waals surface area contributed by atoms with E-state index in [1.807, 2.05) is 39.8 Å². The number of imidazole rings is 1. The summed E-state index contributed by atoms with van der Waals surface area (Å²) in [5, 5.41) is 2.75. The Bertz CT molecular complexity index is 642. The second-order valence-corrected chi connectivity index (χ2v) is 5.88. The number of carbonyl (C=O) groups excluding carboxylic acids is 1. The van der Waals surface area contributed by atoms with E-state index in [0.717, 1.165) is 17.0 Å². The van der Waals surface area contributed by atoms with Crippen LogP contribution in [0.2, 0.25) is 0 Å². The molecule has 2 aromatic heterocycles. The summed E-state index contributed by atoms with van der Waals surface area (Å²) >= 11 is 0. The van der Waals surface area contributed by atoms with Crippen LogP contribution in [0.15, 0.2) is 24.5 Å². The number of amides is 1. The molecule has 0 saturated heterocycles. The summed E-state index contributed by atoms with van der Waals surface area (Å²) in [5.74, 6) is 0.607. The summed E-state index contributed by atoms with van der Waals surface area (Å²) in [6.07, 6.45) is 2.92. The molecule has 0 unspecified atom stereocenters. The first-order chi connectivity index (χ1) is 9.78. The highest BCUT2D eigenvalue weighted by Crippen LogP contribution is 2.21. The highest BCUT2D eigenvalue weighted by molar-refractivity contribution is 5.69. The molecule has 2 aromatic rings. The third kappa shape index (κ3) is 3.59. The van der Waals surface area contributed by atoms with E-state index in [4.69, 9.17) is 4.84 Å². The molecule has 2 rings (SSSR count). The minimum atomic E-state index is -0.510. The molecule has 2 heterocycles. The van der Waals surface area contributed by atoms with Gasteiger partial charge in [0.1, 0.15) is 5.82 Å². The third-order valence-corrected chi connectivity index (χ3v) is 2.80. The molecule has 112 valence electrons. The standard InChI is InChI=1S/C15H20N4O2/c1-10-13(12-7-6-8-16-9-12)17-11(2)19(10)21-14(20)18-15(3,4)5/h6-9H,1-5H3,(H,18,20). The number of nitrogens with zero attached hydrogens (tertiary/aromatic N) is 3. The third-order valence-electron chi connectivity index (χ3n) is 2.80. The van der Waals surface area contributed by atoms with Crippen LogP contribution in [0.1, 0.15) is 32.3 Å². The average molecular weight is 288 g/mol. The Morgan fingerprint density at radius 2 is 2.05 bits per heavy atom. The zero-order valence-electron chi connectivity index (χ0n) is 13.0. The normalized spacial score (nSPS) is 11.3. The minimum absolute atomic E-state index is 0.356. The van der Waals surface area contributed by atoms with Crippen molar-refractivity contribution in [1.82, 2.24) is 20.0 Å². The highest BCUT2D eigenvalue weighted by Gasteiger charge is 2.19. The monoisotopic (exact) mass is 288 g/mol. The maximum atomic E-state index is 11.9. The first kappa shape index (κ1) is 15.0. The van der Waals surface area contributed by atoms with Gasteiger partial charge in [-0.25, -0.2) is 9.78 Å². The summed E-state index contributed by atoms with van der Waals surface area (Å²) in [4.78, 5) is 25.8. The van der Waals surface area contributed by atoms with Crippen LogP contribution >= 0.6 is 0 Å². The van der Waals surface area contributed by atoms with E-state index < -0.39 is 6.09 Å². The number of aryl methyl sites for hydroxylation is 1. The lowest BCUT2D eigenvalue weighted by Gasteiger charge is -2.20. The number of aromatic nitrogens is 3. The fourth-order valence-corrected chi connectivity index (χ4v) is 1.95. The van der Waals surface area contributed by atoms with Gasteiger partial charge >= 0.3 is 6.09 Å². The van der Waals surface area contributed by atoms with E-state index in [1.165, 1.54) is 4.73 Å². The number of rotatable bonds is 2. The molecule has 0 spiro atoms. The van der Waals surface area contributed by atoms with Crippen molar-refractivity contribution >= 4 is 6.09 Å². The van der Waals surface area contributed by atoms with Crippen molar-refractivity contribution in [2.45, 2.75) is 40.2 Å². The topological polar surface area (TPSA) is 69.0 Å². The number of nitrogens with one attached hydrogen (secondary N) is 1. The van der Waals surface area contributed by atoms with E-state index in [-0.39, 0.29) is 5.54 Å². The Morgan fingerprint density at radius 1 is 1.33 bits per heavy atom. The largest absolute Gasteiger partial charge is 0.432 e. The first-order valence-corrected chi connectivity index (χ1v) is 6.75. The molecule has 0 radical (unpaired) electrons. The van der Waals surface area contributed by atoms with Gasteiger partial charge in [0.2, 0.25) is 0 Å². The molecule has 0 fully saturated rings. The second kappa shape index (κ2) is 5.55. The molecular formula is C15H20N4O2. The Morgan fingerprint density at radius 3 is 2.62 bits per heavy atom. The van der Waals surface area contributed by atoms with Gasteiger partial charge in [0, 0.05) is 23.5 Å². The number of hydrogen-bond donors (Lipinski definition) is 1. The van der Waals surface area contributed by atoms with Gasteiger partial charge in [-0.2, -0.15) is 4.73 Å². The van der Waals surface area contributed by atoms with E-state index in [1.54, 1.807) is 19.3 Å². The van der Waals surface area contributed by atoms with Gasteiger partial charge in [0.25, 0.3) is 0 Å². The molecule has 0 aliphatic heterocycles. The number of carbonyl (C=O) groups is 1. The van der Waals surface area contributed by atoms with Gasteiger partial charge < -0.3 is 10.2 Å². The Labute approximate surface area is 124 Å². The van der Waals surface area contributed by atoms with Crippen LogP contribution in [0.4, 0.5) is 4.79 Å². The average Bonchev–Trinajstić information content (AvgIpc) is 2.66. The molecule has 0 atom stereocenters. The van der Waals surface area contributed by atoms with E-state index >= 15 is 0 Å². The molecular weight excluding hydrogens is 268 g/mol. The molecule has 0 saturated carbocycles. The van der Waals surface area contributed by atoms with Crippen molar-refractivity contribution in [3.8, 4) is 11.3 Å². The van der Waals surface area contributed by atoms with E-state index in [9.17, 15) is 4.79 Å². The lowest BCUT2D eigenvalue weighted by atomic mass is 10.1. The molecule has 0 bridgehead atoms. The fraction of sp³-hybridized carbons (Fsp3) is 0.400. The summed E-state index contributed by atoms with van der Waals surface area (Å²) < 4.78 is 1.43. The lowest BCUT2D eigenvalue weighted by Crippen LogP contribution is -2.44. The predicted molar refractivity (Wildman–Crippen MR) is 79.8 cm³/mol. The molecule has 6 heteroatoms. The number of hydrogen-bond acceptors (Lipinski definition) is 4. The van der Waals surface area contributed by atoms with Crippen LogP contribution in [0.3, 0.4) is 0 Å². The minimum Gasteiger partial charge on any atom is -0.316 e. The number of pyridine rings is 1. The Hall–Kier alpha value is -2.37. The summed E-state index contributed by atoms with van der Waals surface area (Å²) in [7, 11) is 0. The highest BCUT2D eigenvalue weighted by atomic mass is 16.7. The fourth-order valence-electron chi connectivity index (χ4n) is 1.95. The summed E-state index contributed by atoms with van der Waals surface area (Å²) in [6.45, 7) is 9.32. The van der Waals surface area contributed by atoms with Crippen LogP contribution in [0, 0.1) is 13.8 Å². The van der Waals surface area contributed by atoms with Crippen LogP contribution in [-0.2, 0) is 0 Å². The van der Waals surface area contributed by atoms with Crippen molar-refractivity contribution < 1.29 is 9.63 Å². The lowest BCUT2D eigenvalue weighted by molar-refractivity contribution is 0.120. The van der Waals surface area contributed by atoms with Crippen LogP contribution < -0.4 is 10.2 Å². The van der Waals surface area contributed by atoms with E-state index in [0.29, 0.717) is 5.82 Å². The SMILES string of the molecule is Cc1nc(-c2cccnc2)c(C)n1OC(=O)NC(C)(C)C. The van der Waals surface area contributed by atoms with Gasteiger partial charge in [0.05, 0.1) is 11.4 Å². The molecule has 1 amide bonds. The smallest absolute Gasteiger partial charge is 0.316 e. The van der Waals surface area contributed by atoms with Crippen LogP contribution in [0.5, 0.6) is 0 Å². The van der Waals surface area contributed by atoms with Gasteiger partial charge in [-0.05, 0) is 46.8 Å². The predicted octanol–water partition coefficient (Wildman–Crippen LogP) is 2.50. The molecule has 21 heavy (non-hydrogen) atoms. The van der Waals surface area contributed by atoms with Crippen LogP contribution in [-0.4, -0.2) is 26.3 Å². The van der Waals surface area contributed by atoms with E-state index in [2.05, 4.69) is 15.3 Å². The maximum Gasteiger partial charge on any atom is 0.432 e. The van der Waals surface area contributed by atoms with Crippen molar-refractivity contribution in [1.29, 1.82) is 0 Å². The maximum absolute atomic E-state index is 11.9. The zero-order chi connectivity index (χ0) is 15.6. The Kier molecular flexibility index (Phi) is 3.97. The second-order valence-electron chi connectivity index (χ2n) is 5.88. The first-order valence-electron chi connectivity index (χ1n) is 6.75. The van der Waals surface area contributed by atoms with Crippen molar-refractivity contribution in [3.05, 3.63) is 36.0 Å². The molecule has 0 aliphatic carbocycles. The summed E-state index contributed by atoms with van der Waals surface area (Å²) in [5.41, 5.74) is 2.04. The van der Waals surface area contributed by atoms with Gasteiger partial charge in [0.15, 0.2) is 0 Å². The van der Waals surface area contributed by atoms with Crippen molar-refractivity contribution in [2.75, 3.05) is 0 Å². The molecule has 0 aromatic carbocycles. The summed E-state index contributed by atoms with van der Waals surface area (Å²) in [6, 6.07) is 3.76. The van der Waals surface area contributed by atoms with Crippen molar-refractivity contribution in [3.63, 3.8) is 0 Å². The van der Waals surface area contributed by atoms with Gasteiger partial charge in [-0.3, -0.25) is 4.98 Å².